The number of nitrogens with one attached hydrogen (secondary N) is 1. The normalized spacial score (nSPS) is 13.1. The van der Waals surface area contributed by atoms with Crippen LogP contribution in [-0.2, 0) is 4.74 Å². The number of rotatable bonds is 6. The van der Waals surface area contributed by atoms with Crippen LogP contribution in [-0.4, -0.2) is 44.8 Å². The molecule has 1 amide bonds. The monoisotopic (exact) mass is 285 g/mol. The molecule has 1 aromatic carbocycles. The third-order valence-corrected chi connectivity index (χ3v) is 2.72. The van der Waals surface area contributed by atoms with Gasteiger partial charge in [-0.05, 0) is 12.1 Å². The van der Waals surface area contributed by atoms with Gasteiger partial charge in [0.05, 0.1) is 18.8 Å². The SMILES string of the molecule is O=C(NCCOCCCl)c1cccc2c1OCCO2. The van der Waals surface area contributed by atoms with Crippen molar-refractivity contribution < 1.29 is 19.0 Å². The summed E-state index contributed by atoms with van der Waals surface area (Å²) in [5.41, 5.74) is 0.481. The molecule has 1 heterocycles. The van der Waals surface area contributed by atoms with E-state index in [0.717, 1.165) is 0 Å². The molecule has 0 aromatic heterocycles. The summed E-state index contributed by atoms with van der Waals surface area (Å²) in [6, 6.07) is 5.27. The standard InChI is InChI=1S/C13H16ClNO4/c14-4-6-17-7-5-15-13(16)10-2-1-3-11-12(10)19-9-8-18-11/h1-3H,4-9H2,(H,15,16). The molecule has 0 bridgehead atoms. The number of hydrogen-bond donors (Lipinski definition) is 1. The quantitative estimate of drug-likeness (QED) is 0.635. The van der Waals surface area contributed by atoms with Crippen molar-refractivity contribution >= 4 is 17.5 Å². The van der Waals surface area contributed by atoms with Gasteiger partial charge in [-0.15, -0.1) is 11.6 Å². The van der Waals surface area contributed by atoms with Crippen LogP contribution >= 0.6 is 11.6 Å². The van der Waals surface area contributed by atoms with Gasteiger partial charge in [-0.25, -0.2) is 0 Å². The van der Waals surface area contributed by atoms with E-state index in [-0.39, 0.29) is 5.91 Å². The molecule has 0 fully saturated rings. The average Bonchev–Trinajstić information content (AvgIpc) is 2.46. The largest absolute Gasteiger partial charge is 0.486 e. The first-order valence-electron chi connectivity index (χ1n) is 6.13. The highest BCUT2D eigenvalue weighted by Crippen LogP contribution is 2.33. The fourth-order valence-electron chi connectivity index (χ4n) is 1.74. The summed E-state index contributed by atoms with van der Waals surface area (Å²) in [6.07, 6.45) is 0. The van der Waals surface area contributed by atoms with Gasteiger partial charge in [0, 0.05) is 12.4 Å². The maximum absolute atomic E-state index is 12.0. The fraction of sp³-hybridized carbons (Fsp3) is 0.462. The summed E-state index contributed by atoms with van der Waals surface area (Å²) in [4.78, 5) is 12.0. The molecule has 1 N–H and O–H groups in total. The predicted molar refractivity (Wildman–Crippen MR) is 71.3 cm³/mol. The first-order valence-corrected chi connectivity index (χ1v) is 6.67. The van der Waals surface area contributed by atoms with Gasteiger partial charge in [-0.3, -0.25) is 4.79 Å². The zero-order chi connectivity index (χ0) is 13.5. The van der Waals surface area contributed by atoms with Gasteiger partial charge in [0.2, 0.25) is 0 Å². The zero-order valence-corrected chi connectivity index (χ0v) is 11.2. The highest BCUT2D eigenvalue weighted by Gasteiger charge is 2.19. The van der Waals surface area contributed by atoms with E-state index in [4.69, 9.17) is 25.8 Å². The molecule has 0 aliphatic carbocycles. The Bertz CT molecular complexity index is 439. The summed E-state index contributed by atoms with van der Waals surface area (Å²) < 4.78 is 16.1. The molecule has 104 valence electrons. The molecule has 2 rings (SSSR count). The molecule has 6 heteroatoms. The van der Waals surface area contributed by atoms with Crippen LogP contribution < -0.4 is 14.8 Å². The summed E-state index contributed by atoms with van der Waals surface area (Å²) in [7, 11) is 0. The number of fused-ring (bicyclic) bond motifs is 1. The zero-order valence-electron chi connectivity index (χ0n) is 10.5. The van der Waals surface area contributed by atoms with Crippen LogP contribution in [0.1, 0.15) is 10.4 Å². The molecular weight excluding hydrogens is 270 g/mol. The Hall–Kier alpha value is -1.46. The van der Waals surface area contributed by atoms with Crippen molar-refractivity contribution in [1.82, 2.24) is 5.32 Å². The van der Waals surface area contributed by atoms with Crippen molar-refractivity contribution in [3.8, 4) is 11.5 Å². The average molecular weight is 286 g/mol. The molecular formula is C13H16ClNO4. The topological polar surface area (TPSA) is 56.8 Å². The third kappa shape index (κ3) is 3.75. The summed E-state index contributed by atoms with van der Waals surface area (Å²) >= 11 is 5.48. The molecule has 1 aliphatic rings. The van der Waals surface area contributed by atoms with Gasteiger partial charge in [-0.2, -0.15) is 0 Å². The van der Waals surface area contributed by atoms with Gasteiger partial charge in [0.1, 0.15) is 13.2 Å². The summed E-state index contributed by atoms with van der Waals surface area (Å²) in [5, 5.41) is 2.77. The molecule has 0 unspecified atom stereocenters. The number of carbonyl (C=O) groups is 1. The fourth-order valence-corrected chi connectivity index (χ4v) is 1.85. The Morgan fingerprint density at radius 3 is 3.00 bits per heavy atom. The van der Waals surface area contributed by atoms with Crippen molar-refractivity contribution in [2.75, 3.05) is 38.9 Å². The van der Waals surface area contributed by atoms with E-state index in [1.807, 2.05) is 0 Å². The molecule has 1 aliphatic heterocycles. The molecule has 0 saturated carbocycles. The highest BCUT2D eigenvalue weighted by atomic mass is 35.5. The molecule has 0 saturated heterocycles. The molecule has 0 radical (unpaired) electrons. The van der Waals surface area contributed by atoms with Gasteiger partial charge in [0.25, 0.3) is 5.91 Å². The Balaban J connectivity index is 1.92. The number of ether oxygens (including phenoxy) is 3. The lowest BCUT2D eigenvalue weighted by Gasteiger charge is -2.20. The van der Waals surface area contributed by atoms with E-state index in [1.54, 1.807) is 18.2 Å². The highest BCUT2D eigenvalue weighted by molar-refractivity contribution is 6.17. The first-order chi connectivity index (χ1) is 9.33. The van der Waals surface area contributed by atoms with Crippen LogP contribution in [0, 0.1) is 0 Å². The summed E-state index contributed by atoms with van der Waals surface area (Å²) in [5.74, 6) is 1.37. The summed E-state index contributed by atoms with van der Waals surface area (Å²) in [6.45, 7) is 2.31. The van der Waals surface area contributed by atoms with Crippen molar-refractivity contribution in [2.24, 2.45) is 0 Å². The van der Waals surface area contributed by atoms with Crippen LogP contribution in [0.4, 0.5) is 0 Å². The van der Waals surface area contributed by atoms with Gasteiger partial charge < -0.3 is 19.5 Å². The minimum Gasteiger partial charge on any atom is -0.486 e. The second-order valence-electron chi connectivity index (χ2n) is 3.89. The van der Waals surface area contributed by atoms with Crippen LogP contribution in [0.5, 0.6) is 11.5 Å². The van der Waals surface area contributed by atoms with Gasteiger partial charge >= 0.3 is 0 Å². The van der Waals surface area contributed by atoms with E-state index < -0.39 is 0 Å². The Labute approximate surface area is 116 Å². The lowest BCUT2D eigenvalue weighted by atomic mass is 10.1. The van der Waals surface area contributed by atoms with E-state index in [1.165, 1.54) is 0 Å². The number of benzene rings is 1. The smallest absolute Gasteiger partial charge is 0.255 e. The Morgan fingerprint density at radius 1 is 1.32 bits per heavy atom. The minimum atomic E-state index is -0.197. The van der Waals surface area contributed by atoms with Crippen molar-refractivity contribution in [3.63, 3.8) is 0 Å². The molecule has 0 atom stereocenters. The van der Waals surface area contributed by atoms with Crippen LogP contribution in [0.3, 0.4) is 0 Å². The lowest BCUT2D eigenvalue weighted by Crippen LogP contribution is -2.28. The van der Waals surface area contributed by atoms with Gasteiger partial charge in [0.15, 0.2) is 11.5 Å². The maximum Gasteiger partial charge on any atom is 0.255 e. The number of amides is 1. The van der Waals surface area contributed by atoms with Gasteiger partial charge in [-0.1, -0.05) is 6.07 Å². The number of halogens is 1. The van der Waals surface area contributed by atoms with E-state index in [2.05, 4.69) is 5.32 Å². The Kier molecular flexibility index (Phi) is 5.30. The van der Waals surface area contributed by atoms with E-state index >= 15 is 0 Å². The number of alkyl halides is 1. The maximum atomic E-state index is 12.0. The predicted octanol–water partition coefficient (Wildman–Crippen LogP) is 1.44. The molecule has 1 aromatic rings. The van der Waals surface area contributed by atoms with E-state index in [9.17, 15) is 4.79 Å². The van der Waals surface area contributed by atoms with Crippen LogP contribution in [0.15, 0.2) is 18.2 Å². The minimum absolute atomic E-state index is 0.197. The van der Waals surface area contributed by atoms with Crippen LogP contribution in [0.25, 0.3) is 0 Å². The Morgan fingerprint density at radius 2 is 2.16 bits per heavy atom. The van der Waals surface area contributed by atoms with Crippen molar-refractivity contribution in [3.05, 3.63) is 23.8 Å². The second kappa shape index (κ2) is 7.21. The molecule has 5 nitrogen and oxygen atoms in total. The van der Waals surface area contributed by atoms with Crippen molar-refractivity contribution in [1.29, 1.82) is 0 Å². The lowest BCUT2D eigenvalue weighted by molar-refractivity contribution is 0.0913. The molecule has 0 spiro atoms. The number of hydrogen-bond acceptors (Lipinski definition) is 4. The van der Waals surface area contributed by atoms with Crippen LogP contribution in [0.2, 0.25) is 0 Å². The number of para-hydroxylation sites is 1. The van der Waals surface area contributed by atoms with Crippen molar-refractivity contribution in [2.45, 2.75) is 0 Å². The second-order valence-corrected chi connectivity index (χ2v) is 4.26. The third-order valence-electron chi connectivity index (χ3n) is 2.56. The molecule has 19 heavy (non-hydrogen) atoms. The first kappa shape index (κ1) is 14.0. The number of carbonyl (C=O) groups excluding carboxylic acids is 1. The van der Waals surface area contributed by atoms with E-state index in [0.29, 0.717) is 55.9 Å².